The maximum atomic E-state index is 13.3. The van der Waals surface area contributed by atoms with Gasteiger partial charge in [-0.15, -0.1) is 0 Å². The van der Waals surface area contributed by atoms with Gasteiger partial charge >= 0.3 is 0 Å². The zero-order valence-corrected chi connectivity index (χ0v) is 7.31. The average molecular weight is 186 g/mol. The second-order valence-corrected chi connectivity index (χ2v) is 2.83. The molecule has 3 heteroatoms. The minimum Gasteiger partial charge on any atom is -0.305 e. The summed E-state index contributed by atoms with van der Waals surface area (Å²) in [5, 5.41) is 8.77. The molecule has 68 valence electrons. The summed E-state index contributed by atoms with van der Waals surface area (Å²) in [6.07, 6.45) is 1.66. The van der Waals surface area contributed by atoms with Crippen LogP contribution in [0.15, 0.2) is 42.6 Å². The molecule has 0 radical (unpaired) electrons. The molecule has 0 spiro atoms. The molecule has 0 saturated carbocycles. The van der Waals surface area contributed by atoms with Gasteiger partial charge in [-0.25, -0.2) is 4.39 Å². The zero-order valence-electron chi connectivity index (χ0n) is 7.31. The van der Waals surface area contributed by atoms with Gasteiger partial charge in [0.05, 0.1) is 5.69 Å². The van der Waals surface area contributed by atoms with Crippen molar-refractivity contribution < 1.29 is 4.39 Å². The SMILES string of the molecule is N#Cc1cccn1-c1ccccc1F. The van der Waals surface area contributed by atoms with E-state index in [2.05, 4.69) is 0 Å². The molecule has 0 unspecified atom stereocenters. The highest BCUT2D eigenvalue weighted by Gasteiger charge is 2.05. The molecule has 0 aliphatic rings. The van der Waals surface area contributed by atoms with Crippen molar-refractivity contribution in [3.05, 3.63) is 54.1 Å². The molecule has 2 rings (SSSR count). The molecule has 0 amide bonds. The van der Waals surface area contributed by atoms with Crippen molar-refractivity contribution in [1.29, 1.82) is 5.26 Å². The van der Waals surface area contributed by atoms with Crippen LogP contribution < -0.4 is 0 Å². The number of hydrogen-bond donors (Lipinski definition) is 0. The van der Waals surface area contributed by atoms with Crippen LogP contribution in [0.1, 0.15) is 5.69 Å². The van der Waals surface area contributed by atoms with Crippen molar-refractivity contribution >= 4 is 0 Å². The quantitative estimate of drug-likeness (QED) is 0.672. The predicted octanol–water partition coefficient (Wildman–Crippen LogP) is 2.49. The topological polar surface area (TPSA) is 28.7 Å². The Morgan fingerprint density at radius 2 is 1.93 bits per heavy atom. The number of aromatic nitrogens is 1. The second kappa shape index (κ2) is 3.35. The number of nitriles is 1. The van der Waals surface area contributed by atoms with Crippen LogP contribution in [0.5, 0.6) is 0 Å². The summed E-state index contributed by atoms with van der Waals surface area (Å²) < 4.78 is 14.9. The Balaban J connectivity index is 2.62. The molecule has 1 aromatic carbocycles. The summed E-state index contributed by atoms with van der Waals surface area (Å²) >= 11 is 0. The van der Waals surface area contributed by atoms with E-state index in [1.165, 1.54) is 10.6 Å². The van der Waals surface area contributed by atoms with Crippen molar-refractivity contribution in [1.82, 2.24) is 4.57 Å². The number of para-hydroxylation sites is 1. The van der Waals surface area contributed by atoms with Crippen molar-refractivity contribution in [3.63, 3.8) is 0 Å². The standard InChI is InChI=1S/C11H7FN2/c12-10-5-1-2-6-11(10)14-7-3-4-9(14)8-13/h1-7H. The lowest BCUT2D eigenvalue weighted by atomic mass is 10.3. The number of halogens is 1. The van der Waals surface area contributed by atoms with Gasteiger partial charge in [-0.3, -0.25) is 0 Å². The summed E-state index contributed by atoms with van der Waals surface area (Å²) in [5.41, 5.74) is 0.823. The van der Waals surface area contributed by atoms with E-state index in [9.17, 15) is 4.39 Å². The predicted molar refractivity (Wildman–Crippen MR) is 50.4 cm³/mol. The Morgan fingerprint density at radius 1 is 1.14 bits per heavy atom. The van der Waals surface area contributed by atoms with Gasteiger partial charge in [0, 0.05) is 6.20 Å². The minimum atomic E-state index is -0.333. The van der Waals surface area contributed by atoms with Gasteiger partial charge in [0.2, 0.25) is 0 Å². The van der Waals surface area contributed by atoms with Crippen LogP contribution in [-0.2, 0) is 0 Å². The van der Waals surface area contributed by atoms with Gasteiger partial charge in [0.25, 0.3) is 0 Å². The van der Waals surface area contributed by atoms with Crippen LogP contribution >= 0.6 is 0 Å². The Labute approximate surface area is 80.8 Å². The van der Waals surface area contributed by atoms with Crippen LogP contribution in [0.4, 0.5) is 4.39 Å². The van der Waals surface area contributed by atoms with E-state index in [4.69, 9.17) is 5.26 Å². The molecule has 0 saturated heterocycles. The van der Waals surface area contributed by atoms with Crippen LogP contribution in [0.25, 0.3) is 5.69 Å². The maximum Gasteiger partial charge on any atom is 0.147 e. The highest BCUT2D eigenvalue weighted by atomic mass is 19.1. The lowest BCUT2D eigenvalue weighted by Crippen LogP contribution is -1.97. The van der Waals surface area contributed by atoms with E-state index < -0.39 is 0 Å². The minimum absolute atomic E-state index is 0.333. The molecule has 2 aromatic rings. The first kappa shape index (κ1) is 8.52. The highest BCUT2D eigenvalue weighted by Crippen LogP contribution is 2.15. The number of rotatable bonds is 1. The monoisotopic (exact) mass is 186 g/mol. The summed E-state index contributed by atoms with van der Waals surface area (Å²) in [5.74, 6) is -0.333. The first-order valence-electron chi connectivity index (χ1n) is 4.15. The number of nitrogens with zero attached hydrogens (tertiary/aromatic N) is 2. The number of hydrogen-bond acceptors (Lipinski definition) is 1. The molecule has 2 nitrogen and oxygen atoms in total. The first-order valence-corrected chi connectivity index (χ1v) is 4.15. The van der Waals surface area contributed by atoms with E-state index in [-0.39, 0.29) is 5.82 Å². The lowest BCUT2D eigenvalue weighted by molar-refractivity contribution is 0.618. The number of benzene rings is 1. The Hall–Kier alpha value is -2.08. The molecule has 0 bridgehead atoms. The largest absolute Gasteiger partial charge is 0.305 e. The zero-order chi connectivity index (χ0) is 9.97. The highest BCUT2D eigenvalue weighted by molar-refractivity contribution is 5.39. The van der Waals surface area contributed by atoms with Crippen molar-refractivity contribution in [2.75, 3.05) is 0 Å². The third-order valence-electron chi connectivity index (χ3n) is 1.98. The van der Waals surface area contributed by atoms with Crippen LogP contribution in [0.3, 0.4) is 0 Å². The van der Waals surface area contributed by atoms with Gasteiger partial charge in [-0.1, -0.05) is 12.1 Å². The Morgan fingerprint density at radius 3 is 2.64 bits per heavy atom. The van der Waals surface area contributed by atoms with E-state index >= 15 is 0 Å². The van der Waals surface area contributed by atoms with Gasteiger partial charge in [0.15, 0.2) is 0 Å². The lowest BCUT2D eigenvalue weighted by Gasteiger charge is -2.04. The molecule has 0 N–H and O–H groups in total. The molecule has 0 fully saturated rings. The van der Waals surface area contributed by atoms with E-state index in [1.807, 2.05) is 6.07 Å². The van der Waals surface area contributed by atoms with E-state index in [0.29, 0.717) is 11.4 Å². The van der Waals surface area contributed by atoms with Gasteiger partial charge in [0.1, 0.15) is 17.6 Å². The molecule has 1 heterocycles. The summed E-state index contributed by atoms with van der Waals surface area (Å²) in [7, 11) is 0. The smallest absolute Gasteiger partial charge is 0.147 e. The molecule has 0 aliphatic carbocycles. The van der Waals surface area contributed by atoms with Crippen LogP contribution in [0, 0.1) is 17.1 Å². The maximum absolute atomic E-state index is 13.3. The molecule has 0 aliphatic heterocycles. The molecule has 1 aromatic heterocycles. The fourth-order valence-electron chi connectivity index (χ4n) is 1.33. The van der Waals surface area contributed by atoms with Crippen LogP contribution in [-0.4, -0.2) is 4.57 Å². The fourth-order valence-corrected chi connectivity index (χ4v) is 1.33. The Bertz CT molecular complexity index is 494. The van der Waals surface area contributed by atoms with Gasteiger partial charge in [-0.2, -0.15) is 5.26 Å². The van der Waals surface area contributed by atoms with Crippen molar-refractivity contribution in [3.8, 4) is 11.8 Å². The van der Waals surface area contributed by atoms with Gasteiger partial charge < -0.3 is 4.57 Å². The second-order valence-electron chi connectivity index (χ2n) is 2.83. The van der Waals surface area contributed by atoms with Crippen molar-refractivity contribution in [2.45, 2.75) is 0 Å². The third-order valence-corrected chi connectivity index (χ3v) is 1.98. The van der Waals surface area contributed by atoms with Gasteiger partial charge in [-0.05, 0) is 24.3 Å². The summed E-state index contributed by atoms with van der Waals surface area (Å²) in [4.78, 5) is 0. The van der Waals surface area contributed by atoms with E-state index in [0.717, 1.165) is 0 Å². The van der Waals surface area contributed by atoms with Crippen LogP contribution in [0.2, 0.25) is 0 Å². The fraction of sp³-hybridized carbons (Fsp3) is 0. The molecule has 0 atom stereocenters. The Kier molecular flexibility index (Phi) is 2.04. The summed E-state index contributed by atoms with van der Waals surface area (Å²) in [6, 6.07) is 11.7. The van der Waals surface area contributed by atoms with Crippen molar-refractivity contribution in [2.24, 2.45) is 0 Å². The van der Waals surface area contributed by atoms with E-state index in [1.54, 1.807) is 36.5 Å². The molecule has 14 heavy (non-hydrogen) atoms. The summed E-state index contributed by atoms with van der Waals surface area (Å²) in [6.45, 7) is 0. The molecular formula is C11H7FN2. The average Bonchev–Trinajstić information content (AvgIpc) is 2.66. The first-order chi connectivity index (χ1) is 6.83. The normalized spacial score (nSPS) is 9.71. The molecular weight excluding hydrogens is 179 g/mol. The third kappa shape index (κ3) is 1.27.